The van der Waals surface area contributed by atoms with Crippen molar-refractivity contribution >= 4 is 17.8 Å². The van der Waals surface area contributed by atoms with Crippen LogP contribution in [0.5, 0.6) is 11.5 Å². The first kappa shape index (κ1) is 14.2. The van der Waals surface area contributed by atoms with Gasteiger partial charge in [-0.25, -0.2) is 4.79 Å². The van der Waals surface area contributed by atoms with Crippen molar-refractivity contribution in [3.05, 3.63) is 23.8 Å². The van der Waals surface area contributed by atoms with Gasteiger partial charge in [0.05, 0.1) is 6.61 Å². The molecule has 1 amide bonds. The molecule has 22 heavy (non-hydrogen) atoms. The number of hydrogen-bond donors (Lipinski definition) is 1. The number of benzene rings is 1. The van der Waals surface area contributed by atoms with Crippen molar-refractivity contribution in [1.82, 2.24) is 5.32 Å². The molecule has 1 saturated heterocycles. The molecule has 0 saturated carbocycles. The summed E-state index contributed by atoms with van der Waals surface area (Å²) in [6.07, 6.45) is -0.546. The molecular formula is C14H13NO7. The summed E-state index contributed by atoms with van der Waals surface area (Å²) in [5.41, 5.74) is 0.331. The minimum Gasteiger partial charge on any atom is -0.463 e. The summed E-state index contributed by atoms with van der Waals surface area (Å²) in [7, 11) is 0. The van der Waals surface area contributed by atoms with Gasteiger partial charge in [0.1, 0.15) is 6.54 Å². The van der Waals surface area contributed by atoms with Crippen LogP contribution in [0.15, 0.2) is 18.2 Å². The molecule has 8 heteroatoms. The Labute approximate surface area is 125 Å². The van der Waals surface area contributed by atoms with Gasteiger partial charge in [-0.05, 0) is 18.2 Å². The molecule has 0 radical (unpaired) electrons. The molecule has 2 heterocycles. The number of rotatable bonds is 4. The van der Waals surface area contributed by atoms with Crippen LogP contribution in [0.3, 0.4) is 0 Å². The first-order valence-corrected chi connectivity index (χ1v) is 6.67. The molecule has 8 nitrogen and oxygen atoms in total. The van der Waals surface area contributed by atoms with Crippen LogP contribution in [-0.2, 0) is 19.1 Å². The summed E-state index contributed by atoms with van der Waals surface area (Å²) in [4.78, 5) is 34.7. The molecule has 1 atom stereocenters. The summed E-state index contributed by atoms with van der Waals surface area (Å²) >= 11 is 0. The van der Waals surface area contributed by atoms with Crippen molar-refractivity contribution < 1.29 is 33.3 Å². The highest BCUT2D eigenvalue weighted by Gasteiger charge is 2.30. The average Bonchev–Trinajstić information content (AvgIpc) is 3.13. The molecule has 2 aliphatic heterocycles. The van der Waals surface area contributed by atoms with Crippen LogP contribution in [0.25, 0.3) is 0 Å². The molecule has 0 bridgehead atoms. The lowest BCUT2D eigenvalue weighted by atomic mass is 10.2. The van der Waals surface area contributed by atoms with Crippen LogP contribution in [0.4, 0.5) is 0 Å². The quantitative estimate of drug-likeness (QED) is 0.782. The van der Waals surface area contributed by atoms with E-state index in [2.05, 4.69) is 10.1 Å². The minimum atomic E-state index is -0.880. The highest BCUT2D eigenvalue weighted by atomic mass is 16.7. The van der Waals surface area contributed by atoms with Crippen molar-refractivity contribution in [2.24, 2.45) is 0 Å². The first-order chi connectivity index (χ1) is 10.6. The van der Waals surface area contributed by atoms with Crippen LogP contribution >= 0.6 is 0 Å². The molecule has 3 rings (SSSR count). The molecule has 0 aromatic heterocycles. The van der Waals surface area contributed by atoms with Crippen molar-refractivity contribution in [3.63, 3.8) is 0 Å². The second-order valence-electron chi connectivity index (χ2n) is 4.69. The highest BCUT2D eigenvalue weighted by Crippen LogP contribution is 2.32. The zero-order valence-corrected chi connectivity index (χ0v) is 11.5. The predicted molar refractivity (Wildman–Crippen MR) is 70.4 cm³/mol. The number of fused-ring (bicyclic) bond motifs is 1. The van der Waals surface area contributed by atoms with E-state index in [1.54, 1.807) is 12.1 Å². The third-order valence-corrected chi connectivity index (χ3v) is 3.19. The van der Waals surface area contributed by atoms with Crippen molar-refractivity contribution in [2.75, 3.05) is 19.9 Å². The van der Waals surface area contributed by atoms with Crippen molar-refractivity contribution in [2.45, 2.75) is 12.5 Å². The number of amides is 1. The Balaban J connectivity index is 1.51. The van der Waals surface area contributed by atoms with Gasteiger partial charge in [-0.1, -0.05) is 0 Å². The fourth-order valence-electron chi connectivity index (χ4n) is 2.08. The van der Waals surface area contributed by atoms with E-state index >= 15 is 0 Å². The Hall–Kier alpha value is -2.77. The Morgan fingerprint density at radius 1 is 1.23 bits per heavy atom. The van der Waals surface area contributed by atoms with Crippen molar-refractivity contribution in [3.8, 4) is 11.5 Å². The van der Waals surface area contributed by atoms with E-state index in [0.29, 0.717) is 23.5 Å². The van der Waals surface area contributed by atoms with Crippen LogP contribution < -0.4 is 14.8 Å². The first-order valence-electron chi connectivity index (χ1n) is 6.67. The van der Waals surface area contributed by atoms with E-state index < -0.39 is 23.9 Å². The van der Waals surface area contributed by atoms with Gasteiger partial charge in [0.25, 0.3) is 5.91 Å². The van der Waals surface area contributed by atoms with E-state index in [-0.39, 0.29) is 19.9 Å². The average molecular weight is 307 g/mol. The second kappa shape index (κ2) is 5.92. The highest BCUT2D eigenvalue weighted by molar-refractivity contribution is 5.96. The molecule has 116 valence electrons. The Morgan fingerprint density at radius 2 is 2.05 bits per heavy atom. The fraction of sp³-hybridized carbons (Fsp3) is 0.357. The van der Waals surface area contributed by atoms with Gasteiger partial charge in [-0.15, -0.1) is 0 Å². The molecule has 0 unspecified atom stereocenters. The number of cyclic esters (lactones) is 1. The number of carbonyl (C=O) groups is 3. The van der Waals surface area contributed by atoms with Gasteiger partial charge in [-0.3, -0.25) is 9.59 Å². The number of carbonyl (C=O) groups excluding carboxylic acids is 3. The Bertz CT molecular complexity index is 628. The summed E-state index contributed by atoms with van der Waals surface area (Å²) in [5, 5.41) is 2.42. The van der Waals surface area contributed by atoms with Gasteiger partial charge >= 0.3 is 11.9 Å². The van der Waals surface area contributed by atoms with E-state index in [9.17, 15) is 14.4 Å². The normalized spacial score (nSPS) is 18.7. The predicted octanol–water partition coefficient (Wildman–Crippen LogP) is 0.00380. The molecule has 1 aromatic rings. The van der Waals surface area contributed by atoms with Crippen LogP contribution in [0.1, 0.15) is 16.8 Å². The maximum atomic E-state index is 11.9. The molecule has 1 fully saturated rings. The minimum absolute atomic E-state index is 0.115. The third-order valence-electron chi connectivity index (χ3n) is 3.19. The summed E-state index contributed by atoms with van der Waals surface area (Å²) < 4.78 is 19.9. The van der Waals surface area contributed by atoms with E-state index in [0.717, 1.165) is 0 Å². The smallest absolute Gasteiger partial charge is 0.347 e. The Kier molecular flexibility index (Phi) is 3.82. The maximum absolute atomic E-state index is 11.9. The zero-order valence-electron chi connectivity index (χ0n) is 11.5. The summed E-state index contributed by atoms with van der Waals surface area (Å²) in [5.74, 6) is -0.669. The van der Waals surface area contributed by atoms with E-state index in [1.165, 1.54) is 6.07 Å². The van der Waals surface area contributed by atoms with Crippen molar-refractivity contribution in [1.29, 1.82) is 0 Å². The van der Waals surface area contributed by atoms with Gasteiger partial charge < -0.3 is 24.3 Å². The van der Waals surface area contributed by atoms with Gasteiger partial charge in [0, 0.05) is 12.0 Å². The SMILES string of the molecule is O=C(CNC(=O)c1ccc2c(c1)OCO2)O[C@H]1CCOC1=O. The lowest BCUT2D eigenvalue weighted by molar-refractivity contribution is -0.159. The summed E-state index contributed by atoms with van der Waals surface area (Å²) in [6.45, 7) is 0.0155. The van der Waals surface area contributed by atoms with Gasteiger partial charge in [0.2, 0.25) is 12.9 Å². The number of esters is 2. The molecule has 0 aliphatic carbocycles. The zero-order chi connectivity index (χ0) is 15.5. The van der Waals surface area contributed by atoms with Crippen LogP contribution in [0, 0.1) is 0 Å². The number of ether oxygens (including phenoxy) is 4. The Morgan fingerprint density at radius 3 is 2.82 bits per heavy atom. The topological polar surface area (TPSA) is 100 Å². The number of hydrogen-bond acceptors (Lipinski definition) is 7. The molecule has 0 spiro atoms. The number of nitrogens with one attached hydrogen (secondary N) is 1. The van der Waals surface area contributed by atoms with Gasteiger partial charge in [-0.2, -0.15) is 0 Å². The third kappa shape index (κ3) is 2.95. The fourth-order valence-corrected chi connectivity index (χ4v) is 2.08. The largest absolute Gasteiger partial charge is 0.463 e. The molecule has 1 aromatic carbocycles. The molecule has 1 N–H and O–H groups in total. The standard InChI is InChI=1S/C14H13NO7/c16-12(22-10-3-4-19-14(10)18)6-15-13(17)8-1-2-9-11(5-8)21-7-20-9/h1-2,5,10H,3-4,6-7H2,(H,15,17)/t10-/m0/s1. The summed E-state index contributed by atoms with van der Waals surface area (Å²) in [6, 6.07) is 4.70. The monoisotopic (exact) mass is 307 g/mol. The van der Waals surface area contributed by atoms with Gasteiger partial charge in [0.15, 0.2) is 11.5 Å². The maximum Gasteiger partial charge on any atom is 0.347 e. The lowest BCUT2D eigenvalue weighted by Gasteiger charge is -2.09. The molecule has 2 aliphatic rings. The second-order valence-corrected chi connectivity index (χ2v) is 4.69. The van der Waals surface area contributed by atoms with Crippen LogP contribution in [-0.4, -0.2) is 43.9 Å². The van der Waals surface area contributed by atoms with E-state index in [1.807, 2.05) is 0 Å². The van der Waals surface area contributed by atoms with E-state index in [4.69, 9.17) is 14.2 Å². The van der Waals surface area contributed by atoms with Crippen LogP contribution in [0.2, 0.25) is 0 Å². The molecular weight excluding hydrogens is 294 g/mol. The lowest BCUT2D eigenvalue weighted by Crippen LogP contribution is -2.33.